The van der Waals surface area contributed by atoms with Crippen LogP contribution in [0.4, 0.5) is 0 Å². The molecule has 7 heteroatoms. The maximum Gasteiger partial charge on any atom is 0.262 e. The van der Waals surface area contributed by atoms with Crippen LogP contribution >= 0.6 is 12.2 Å². The first-order chi connectivity index (χ1) is 15.4. The Morgan fingerprint density at radius 2 is 1.94 bits per heavy atom. The highest BCUT2D eigenvalue weighted by Crippen LogP contribution is 2.29. The number of hydrogen-bond donors (Lipinski definition) is 2. The average molecular weight is 452 g/mol. The van der Waals surface area contributed by atoms with Gasteiger partial charge in [0.25, 0.3) is 11.5 Å². The first-order valence-corrected chi connectivity index (χ1v) is 11.5. The van der Waals surface area contributed by atoms with Gasteiger partial charge in [-0.1, -0.05) is 38.8 Å². The molecule has 0 unspecified atom stereocenters. The van der Waals surface area contributed by atoms with E-state index in [2.05, 4.69) is 24.1 Å². The number of hydrogen-bond acceptors (Lipinski definition) is 4. The van der Waals surface area contributed by atoms with Gasteiger partial charge in [-0.05, 0) is 66.4 Å². The van der Waals surface area contributed by atoms with Gasteiger partial charge in [0.1, 0.15) is 5.75 Å². The second kappa shape index (κ2) is 9.28. The second-order valence-electron chi connectivity index (χ2n) is 8.78. The van der Waals surface area contributed by atoms with Gasteiger partial charge in [-0.15, -0.1) is 0 Å². The summed E-state index contributed by atoms with van der Waals surface area (Å²) in [6.07, 6.45) is 3.35. The van der Waals surface area contributed by atoms with Crippen molar-refractivity contribution in [3.8, 4) is 5.75 Å². The van der Waals surface area contributed by atoms with Gasteiger partial charge in [0, 0.05) is 11.6 Å². The van der Waals surface area contributed by atoms with Crippen molar-refractivity contribution in [1.82, 2.24) is 14.9 Å². The van der Waals surface area contributed by atoms with Crippen molar-refractivity contribution in [3.63, 3.8) is 0 Å². The van der Waals surface area contributed by atoms with Crippen LogP contribution in [0.2, 0.25) is 0 Å². The summed E-state index contributed by atoms with van der Waals surface area (Å²) >= 11 is 5.47. The fourth-order valence-corrected chi connectivity index (χ4v) is 4.75. The fraction of sp³-hybridized carbons (Fsp3) is 0.400. The monoisotopic (exact) mass is 451 g/mol. The summed E-state index contributed by atoms with van der Waals surface area (Å²) in [7, 11) is 1.62. The molecular weight excluding hydrogens is 422 g/mol. The van der Waals surface area contributed by atoms with E-state index in [4.69, 9.17) is 17.0 Å². The molecule has 0 spiro atoms. The zero-order valence-electron chi connectivity index (χ0n) is 18.7. The maximum absolute atomic E-state index is 13.1. The summed E-state index contributed by atoms with van der Waals surface area (Å²) in [5.74, 6) is 1.70. The number of aromatic nitrogens is 2. The van der Waals surface area contributed by atoms with Crippen LogP contribution in [0, 0.1) is 16.6 Å². The van der Waals surface area contributed by atoms with Crippen LogP contribution in [-0.4, -0.2) is 28.6 Å². The quantitative estimate of drug-likeness (QED) is 0.553. The average Bonchev–Trinajstić information content (AvgIpc) is 2.79. The molecule has 2 N–H and O–H groups in total. The molecule has 0 radical (unpaired) electrons. The molecule has 1 saturated carbocycles. The molecule has 1 aliphatic carbocycles. The molecule has 4 rings (SSSR count). The van der Waals surface area contributed by atoms with E-state index in [9.17, 15) is 9.59 Å². The Morgan fingerprint density at radius 1 is 1.19 bits per heavy atom. The molecule has 2 aromatic carbocycles. The Balaban J connectivity index is 1.59. The van der Waals surface area contributed by atoms with Crippen LogP contribution in [0.1, 0.15) is 49.0 Å². The van der Waals surface area contributed by atoms with Gasteiger partial charge in [-0.25, -0.2) is 0 Å². The van der Waals surface area contributed by atoms with Gasteiger partial charge >= 0.3 is 0 Å². The van der Waals surface area contributed by atoms with E-state index in [1.807, 2.05) is 24.3 Å². The number of rotatable bonds is 5. The lowest BCUT2D eigenvalue weighted by Gasteiger charge is -2.34. The fourth-order valence-electron chi connectivity index (χ4n) is 4.49. The smallest absolute Gasteiger partial charge is 0.262 e. The zero-order chi connectivity index (χ0) is 22.8. The Bertz CT molecular complexity index is 1250. The number of fused-ring (bicyclic) bond motifs is 1. The van der Waals surface area contributed by atoms with Crippen LogP contribution < -0.4 is 15.6 Å². The van der Waals surface area contributed by atoms with Crippen LogP contribution in [0.15, 0.2) is 47.3 Å². The first kappa shape index (κ1) is 22.3. The molecule has 1 aromatic heterocycles. The molecule has 3 atom stereocenters. The SMILES string of the molecule is COc1ccc(Cn2c(=S)[nH]c3cc(C(=O)N[C@@H]4CCC[C@H](C)[C@H]4C)ccc3c2=O)cc1. The summed E-state index contributed by atoms with van der Waals surface area (Å²) in [6, 6.07) is 12.8. The molecule has 1 heterocycles. The number of aromatic amines is 1. The van der Waals surface area contributed by atoms with Crippen LogP contribution in [0.5, 0.6) is 5.75 Å². The van der Waals surface area contributed by atoms with Gasteiger partial charge in [0.05, 0.1) is 24.6 Å². The highest BCUT2D eigenvalue weighted by Gasteiger charge is 2.28. The van der Waals surface area contributed by atoms with E-state index in [-0.39, 0.29) is 17.5 Å². The van der Waals surface area contributed by atoms with Crippen molar-refractivity contribution in [1.29, 1.82) is 0 Å². The van der Waals surface area contributed by atoms with Gasteiger partial charge in [0.2, 0.25) is 0 Å². The summed E-state index contributed by atoms with van der Waals surface area (Å²) in [5, 5.41) is 3.69. The zero-order valence-corrected chi connectivity index (χ0v) is 19.5. The number of ether oxygens (including phenoxy) is 1. The standard InChI is InChI=1S/C25H29N3O3S/c1-15-5-4-6-21(16(15)2)26-23(29)18-9-12-20-22(13-18)27-25(32)28(24(20)30)14-17-7-10-19(31-3)11-8-17/h7-13,15-16,21H,4-6,14H2,1-3H3,(H,26,29)(H,27,32)/t15-,16+,21+/m0/s1. The maximum atomic E-state index is 13.1. The molecule has 0 saturated heterocycles. The van der Waals surface area contributed by atoms with Crippen molar-refractivity contribution in [3.05, 3.63) is 68.7 Å². The minimum atomic E-state index is -0.179. The van der Waals surface area contributed by atoms with Crippen LogP contribution in [0.3, 0.4) is 0 Å². The predicted octanol–water partition coefficient (Wildman–Crippen LogP) is 4.67. The number of nitrogens with one attached hydrogen (secondary N) is 2. The molecule has 0 aliphatic heterocycles. The van der Waals surface area contributed by atoms with Gasteiger partial charge in [-0.2, -0.15) is 0 Å². The van der Waals surface area contributed by atoms with Crippen molar-refractivity contribution in [2.75, 3.05) is 7.11 Å². The normalized spacial score (nSPS) is 20.8. The van der Waals surface area contributed by atoms with Gasteiger partial charge in [-0.3, -0.25) is 14.2 Å². The first-order valence-electron chi connectivity index (χ1n) is 11.1. The Kier molecular flexibility index (Phi) is 6.46. The lowest BCUT2D eigenvalue weighted by atomic mass is 9.78. The lowest BCUT2D eigenvalue weighted by molar-refractivity contribution is 0.0891. The number of nitrogens with zero attached hydrogens (tertiary/aromatic N) is 1. The highest BCUT2D eigenvalue weighted by atomic mass is 32.1. The van der Waals surface area contributed by atoms with Crippen molar-refractivity contribution in [2.45, 2.75) is 45.7 Å². The number of methoxy groups -OCH3 is 1. The molecule has 32 heavy (non-hydrogen) atoms. The summed E-state index contributed by atoms with van der Waals surface area (Å²) in [6.45, 7) is 4.81. The van der Waals surface area contributed by atoms with Crippen molar-refractivity contribution >= 4 is 29.0 Å². The van der Waals surface area contributed by atoms with Gasteiger partial charge < -0.3 is 15.0 Å². The summed E-state index contributed by atoms with van der Waals surface area (Å²) in [4.78, 5) is 29.1. The second-order valence-corrected chi connectivity index (χ2v) is 9.16. The number of amides is 1. The van der Waals surface area contributed by atoms with E-state index in [1.165, 1.54) is 11.0 Å². The Hall–Kier alpha value is -2.93. The minimum Gasteiger partial charge on any atom is -0.497 e. The highest BCUT2D eigenvalue weighted by molar-refractivity contribution is 7.71. The van der Waals surface area contributed by atoms with E-state index in [0.29, 0.717) is 39.6 Å². The van der Waals surface area contributed by atoms with Crippen molar-refractivity contribution < 1.29 is 9.53 Å². The number of benzene rings is 2. The van der Waals surface area contributed by atoms with E-state index in [0.717, 1.165) is 24.2 Å². The topological polar surface area (TPSA) is 76.1 Å². The summed E-state index contributed by atoms with van der Waals surface area (Å²) < 4.78 is 7.04. The van der Waals surface area contributed by atoms with Crippen molar-refractivity contribution in [2.24, 2.45) is 11.8 Å². The Morgan fingerprint density at radius 3 is 2.66 bits per heavy atom. The third-order valence-electron chi connectivity index (χ3n) is 6.77. The molecule has 3 aromatic rings. The lowest BCUT2D eigenvalue weighted by Crippen LogP contribution is -2.43. The molecule has 168 valence electrons. The Labute approximate surface area is 192 Å². The number of carbonyl (C=O) groups excluding carboxylic acids is 1. The third-order valence-corrected chi connectivity index (χ3v) is 7.09. The van der Waals surface area contributed by atoms with E-state index in [1.54, 1.807) is 25.3 Å². The number of carbonyl (C=O) groups is 1. The molecule has 6 nitrogen and oxygen atoms in total. The molecule has 0 bridgehead atoms. The van der Waals surface area contributed by atoms with E-state index < -0.39 is 0 Å². The molecule has 1 fully saturated rings. The van der Waals surface area contributed by atoms with E-state index >= 15 is 0 Å². The molecular formula is C25H29N3O3S. The predicted molar refractivity (Wildman–Crippen MR) is 129 cm³/mol. The van der Waals surface area contributed by atoms with Crippen LogP contribution in [0.25, 0.3) is 10.9 Å². The third kappa shape index (κ3) is 4.48. The molecule has 1 aliphatic rings. The minimum absolute atomic E-state index is 0.112. The summed E-state index contributed by atoms with van der Waals surface area (Å²) in [5.41, 5.74) is 1.87. The van der Waals surface area contributed by atoms with Gasteiger partial charge in [0.15, 0.2) is 4.77 Å². The van der Waals surface area contributed by atoms with Crippen LogP contribution in [-0.2, 0) is 6.54 Å². The molecule has 1 amide bonds. The number of H-pyrrole nitrogens is 1. The largest absolute Gasteiger partial charge is 0.497 e.